The second-order valence-corrected chi connectivity index (χ2v) is 3.44. The summed E-state index contributed by atoms with van der Waals surface area (Å²) < 4.78 is 7.09. The second kappa shape index (κ2) is 4.40. The minimum atomic E-state index is -1.05. The summed E-state index contributed by atoms with van der Waals surface area (Å²) in [5.41, 5.74) is 0.705. The molecule has 0 aliphatic heterocycles. The monoisotopic (exact) mass is 235 g/mol. The molecule has 90 valence electrons. The van der Waals surface area contributed by atoms with Gasteiger partial charge in [-0.05, 0) is 13.8 Å². The molecular formula is C11H13N3O3. The lowest BCUT2D eigenvalue weighted by molar-refractivity contribution is 0.0692. The molecule has 0 bridgehead atoms. The van der Waals surface area contributed by atoms with E-state index in [0.29, 0.717) is 29.9 Å². The Balaban J connectivity index is 2.70. The van der Waals surface area contributed by atoms with Crippen molar-refractivity contribution >= 4 is 17.0 Å². The number of aromatic nitrogens is 3. The maximum Gasteiger partial charge on any atom is 0.341 e. The first-order valence-corrected chi connectivity index (χ1v) is 5.39. The minimum Gasteiger partial charge on any atom is -0.492 e. The quantitative estimate of drug-likeness (QED) is 0.869. The van der Waals surface area contributed by atoms with E-state index in [2.05, 4.69) is 10.1 Å². The van der Waals surface area contributed by atoms with Crippen molar-refractivity contribution in [3.05, 3.63) is 18.0 Å². The Morgan fingerprint density at radius 2 is 2.24 bits per heavy atom. The topological polar surface area (TPSA) is 77.2 Å². The molecule has 0 aromatic carbocycles. The highest BCUT2D eigenvalue weighted by atomic mass is 16.5. The molecule has 1 N–H and O–H groups in total. The van der Waals surface area contributed by atoms with E-state index in [1.165, 1.54) is 6.20 Å². The molecule has 0 amide bonds. The summed E-state index contributed by atoms with van der Waals surface area (Å²) in [4.78, 5) is 15.2. The molecule has 0 radical (unpaired) electrons. The van der Waals surface area contributed by atoms with E-state index in [1.807, 2.05) is 13.8 Å². The van der Waals surface area contributed by atoms with E-state index in [0.717, 1.165) is 0 Å². The summed E-state index contributed by atoms with van der Waals surface area (Å²) in [6, 6.07) is 0. The summed E-state index contributed by atoms with van der Waals surface area (Å²) in [5.74, 6) is -0.711. The molecule has 2 heterocycles. The fourth-order valence-electron chi connectivity index (χ4n) is 1.69. The van der Waals surface area contributed by atoms with Gasteiger partial charge in [0.05, 0.1) is 18.2 Å². The van der Waals surface area contributed by atoms with Crippen LogP contribution in [0.2, 0.25) is 0 Å². The van der Waals surface area contributed by atoms with Gasteiger partial charge >= 0.3 is 5.97 Å². The highest BCUT2D eigenvalue weighted by Crippen LogP contribution is 2.28. The Kier molecular flexibility index (Phi) is 2.95. The number of carbonyl (C=O) groups is 1. The summed E-state index contributed by atoms with van der Waals surface area (Å²) in [7, 11) is 0. The number of aromatic carboxylic acids is 1. The number of carboxylic acids is 1. The molecule has 0 spiro atoms. The van der Waals surface area contributed by atoms with E-state index in [4.69, 9.17) is 9.84 Å². The first kappa shape index (κ1) is 11.4. The van der Waals surface area contributed by atoms with Crippen molar-refractivity contribution in [1.82, 2.24) is 14.8 Å². The normalized spacial score (nSPS) is 10.7. The van der Waals surface area contributed by atoms with Crippen LogP contribution in [0.3, 0.4) is 0 Å². The molecule has 6 heteroatoms. The molecule has 6 nitrogen and oxygen atoms in total. The van der Waals surface area contributed by atoms with Crippen molar-refractivity contribution in [3.63, 3.8) is 0 Å². The van der Waals surface area contributed by atoms with Gasteiger partial charge in [-0.3, -0.25) is 0 Å². The standard InChI is InChI=1S/C11H13N3O3/c1-3-14-10-7(6-13-14)9(17-4-2)8(5-12-10)11(15)16/h5-6H,3-4H2,1-2H3,(H,15,16). The van der Waals surface area contributed by atoms with Crippen LogP contribution in [0.4, 0.5) is 0 Å². The largest absolute Gasteiger partial charge is 0.492 e. The average Bonchev–Trinajstić information content (AvgIpc) is 2.72. The van der Waals surface area contributed by atoms with E-state index in [-0.39, 0.29) is 5.56 Å². The van der Waals surface area contributed by atoms with Gasteiger partial charge in [-0.2, -0.15) is 5.10 Å². The summed E-state index contributed by atoms with van der Waals surface area (Å²) in [6.07, 6.45) is 2.90. The molecular weight excluding hydrogens is 222 g/mol. The number of aryl methyl sites for hydroxylation is 1. The van der Waals surface area contributed by atoms with Crippen LogP contribution < -0.4 is 4.74 Å². The first-order chi connectivity index (χ1) is 8.19. The number of fused-ring (bicyclic) bond motifs is 1. The molecule has 0 aliphatic carbocycles. The maximum atomic E-state index is 11.1. The van der Waals surface area contributed by atoms with E-state index < -0.39 is 5.97 Å². The smallest absolute Gasteiger partial charge is 0.341 e. The van der Waals surface area contributed by atoms with Crippen molar-refractivity contribution in [1.29, 1.82) is 0 Å². The van der Waals surface area contributed by atoms with Crippen LogP contribution in [-0.4, -0.2) is 32.4 Å². The molecule has 0 saturated heterocycles. The molecule has 0 saturated carbocycles. The van der Waals surface area contributed by atoms with Gasteiger partial charge in [-0.25, -0.2) is 14.5 Å². The zero-order valence-corrected chi connectivity index (χ0v) is 9.67. The van der Waals surface area contributed by atoms with Gasteiger partial charge in [-0.15, -0.1) is 0 Å². The van der Waals surface area contributed by atoms with Crippen molar-refractivity contribution in [2.45, 2.75) is 20.4 Å². The third kappa shape index (κ3) is 1.82. The van der Waals surface area contributed by atoms with Crippen LogP contribution in [0.15, 0.2) is 12.4 Å². The average molecular weight is 235 g/mol. The molecule has 0 atom stereocenters. The maximum absolute atomic E-state index is 11.1. The number of hydrogen-bond acceptors (Lipinski definition) is 4. The van der Waals surface area contributed by atoms with Gasteiger partial charge in [-0.1, -0.05) is 0 Å². The molecule has 0 fully saturated rings. The Bertz CT molecular complexity index is 562. The molecule has 2 aromatic heterocycles. The van der Waals surface area contributed by atoms with Gasteiger partial charge < -0.3 is 9.84 Å². The predicted molar refractivity (Wildman–Crippen MR) is 61.3 cm³/mol. The van der Waals surface area contributed by atoms with Gasteiger partial charge in [0.15, 0.2) is 5.65 Å². The summed E-state index contributed by atoms with van der Waals surface area (Å²) in [5, 5.41) is 13.8. The molecule has 17 heavy (non-hydrogen) atoms. The van der Waals surface area contributed by atoms with Crippen LogP contribution in [0.1, 0.15) is 24.2 Å². The van der Waals surface area contributed by atoms with Gasteiger partial charge in [0.25, 0.3) is 0 Å². The molecule has 0 aliphatic rings. The third-order valence-electron chi connectivity index (χ3n) is 2.44. The predicted octanol–water partition coefficient (Wildman–Crippen LogP) is 1.55. The summed E-state index contributed by atoms with van der Waals surface area (Å²) >= 11 is 0. The van der Waals surface area contributed by atoms with Gasteiger partial charge in [0.1, 0.15) is 11.3 Å². The van der Waals surface area contributed by atoms with Crippen LogP contribution >= 0.6 is 0 Å². The zero-order valence-electron chi connectivity index (χ0n) is 9.67. The lowest BCUT2D eigenvalue weighted by Crippen LogP contribution is -2.05. The Labute approximate surface area is 97.8 Å². The number of hydrogen-bond donors (Lipinski definition) is 1. The highest BCUT2D eigenvalue weighted by molar-refractivity contribution is 5.97. The zero-order chi connectivity index (χ0) is 12.4. The third-order valence-corrected chi connectivity index (χ3v) is 2.44. The Hall–Kier alpha value is -2.11. The fourth-order valence-corrected chi connectivity index (χ4v) is 1.69. The molecule has 0 unspecified atom stereocenters. The number of carboxylic acid groups (broad SMARTS) is 1. The molecule has 2 rings (SSSR count). The van der Waals surface area contributed by atoms with Crippen LogP contribution in [0.25, 0.3) is 11.0 Å². The second-order valence-electron chi connectivity index (χ2n) is 3.44. The lowest BCUT2D eigenvalue weighted by atomic mass is 10.2. The van der Waals surface area contributed by atoms with Crippen molar-refractivity contribution in [2.75, 3.05) is 6.61 Å². The number of rotatable bonds is 4. The van der Waals surface area contributed by atoms with Gasteiger partial charge in [0, 0.05) is 12.7 Å². The fraction of sp³-hybridized carbons (Fsp3) is 0.364. The van der Waals surface area contributed by atoms with Crippen LogP contribution in [-0.2, 0) is 6.54 Å². The highest BCUT2D eigenvalue weighted by Gasteiger charge is 2.18. The van der Waals surface area contributed by atoms with Crippen LogP contribution in [0, 0.1) is 0 Å². The molecule has 2 aromatic rings. The van der Waals surface area contributed by atoms with Gasteiger partial charge in [0.2, 0.25) is 0 Å². The Morgan fingerprint density at radius 1 is 1.47 bits per heavy atom. The lowest BCUT2D eigenvalue weighted by Gasteiger charge is -2.08. The Morgan fingerprint density at radius 3 is 2.82 bits per heavy atom. The first-order valence-electron chi connectivity index (χ1n) is 5.39. The van der Waals surface area contributed by atoms with E-state index in [1.54, 1.807) is 10.9 Å². The number of nitrogens with zero attached hydrogens (tertiary/aromatic N) is 3. The van der Waals surface area contributed by atoms with E-state index >= 15 is 0 Å². The minimum absolute atomic E-state index is 0.0648. The number of ether oxygens (including phenoxy) is 1. The van der Waals surface area contributed by atoms with Crippen LogP contribution in [0.5, 0.6) is 5.75 Å². The van der Waals surface area contributed by atoms with Crippen molar-refractivity contribution in [2.24, 2.45) is 0 Å². The van der Waals surface area contributed by atoms with Crippen molar-refractivity contribution < 1.29 is 14.6 Å². The number of pyridine rings is 1. The summed E-state index contributed by atoms with van der Waals surface area (Å²) in [6.45, 7) is 4.83. The SMILES string of the molecule is CCOc1c(C(=O)O)cnc2c1cnn2CC. The van der Waals surface area contributed by atoms with Crippen molar-refractivity contribution in [3.8, 4) is 5.75 Å². The van der Waals surface area contributed by atoms with E-state index in [9.17, 15) is 4.79 Å².